The van der Waals surface area contributed by atoms with Gasteiger partial charge in [-0.05, 0) is 30.5 Å². The number of rotatable bonds is 2. The fourth-order valence-corrected chi connectivity index (χ4v) is 2.82. The van der Waals surface area contributed by atoms with Gasteiger partial charge in [0.2, 0.25) is 5.96 Å². The fourth-order valence-electron chi connectivity index (χ4n) is 2.82. The Labute approximate surface area is 131 Å². The normalized spacial score (nSPS) is 20.0. The summed E-state index contributed by atoms with van der Waals surface area (Å²) >= 11 is 0. The second-order valence-corrected chi connectivity index (χ2v) is 5.26. The Morgan fingerprint density at radius 3 is 2.74 bits per heavy atom. The molecule has 0 aromatic heterocycles. The van der Waals surface area contributed by atoms with Crippen molar-refractivity contribution in [3.8, 4) is 6.19 Å². The van der Waals surface area contributed by atoms with Crippen molar-refractivity contribution in [2.45, 2.75) is 25.3 Å². The first kappa shape index (κ1) is 14.7. The van der Waals surface area contributed by atoms with Gasteiger partial charge in [-0.3, -0.25) is 20.2 Å². The van der Waals surface area contributed by atoms with Crippen molar-refractivity contribution in [2.24, 2.45) is 4.99 Å². The van der Waals surface area contributed by atoms with Crippen molar-refractivity contribution in [3.63, 3.8) is 0 Å². The highest BCUT2D eigenvalue weighted by Gasteiger charge is 2.32. The van der Waals surface area contributed by atoms with Gasteiger partial charge in [0.25, 0.3) is 5.69 Å². The number of nitro groups is 1. The molecule has 0 radical (unpaired) electrons. The minimum Gasteiger partial charge on any atom is -0.329 e. The number of hydrogen-bond acceptors (Lipinski definition) is 7. The standard InChI is InChI=1S/C15H13N5O3/c16-8-17-15-18-11-2-1-3-12(21)13(11)14(19-15)9-4-6-10(7-5-9)20(22)23/h4-7,14H,1-3H2,(H2,17,18,19). The van der Waals surface area contributed by atoms with Gasteiger partial charge in [0.05, 0.1) is 4.92 Å². The van der Waals surface area contributed by atoms with Crippen LogP contribution < -0.4 is 10.6 Å². The summed E-state index contributed by atoms with van der Waals surface area (Å²) in [5.74, 6) is 0.297. The summed E-state index contributed by atoms with van der Waals surface area (Å²) in [7, 11) is 0. The highest BCUT2D eigenvalue weighted by atomic mass is 16.6. The molecule has 2 aliphatic rings. The summed E-state index contributed by atoms with van der Waals surface area (Å²) in [5.41, 5.74) is 1.99. The van der Waals surface area contributed by atoms with Crippen LogP contribution in [0, 0.1) is 21.6 Å². The first-order valence-corrected chi connectivity index (χ1v) is 7.10. The Bertz CT molecular complexity index is 773. The van der Waals surface area contributed by atoms with E-state index in [2.05, 4.69) is 15.6 Å². The Morgan fingerprint density at radius 2 is 2.09 bits per heavy atom. The molecule has 8 nitrogen and oxygen atoms in total. The van der Waals surface area contributed by atoms with E-state index >= 15 is 0 Å². The van der Waals surface area contributed by atoms with E-state index in [0.29, 0.717) is 24.0 Å². The molecule has 0 saturated heterocycles. The van der Waals surface area contributed by atoms with E-state index in [1.807, 2.05) is 0 Å². The molecule has 1 aromatic rings. The van der Waals surface area contributed by atoms with Crippen LogP contribution in [0.5, 0.6) is 0 Å². The monoisotopic (exact) mass is 311 g/mol. The number of guanidine groups is 1. The zero-order valence-corrected chi connectivity index (χ0v) is 12.1. The van der Waals surface area contributed by atoms with Crippen LogP contribution in [0.15, 0.2) is 40.5 Å². The maximum Gasteiger partial charge on any atom is 0.269 e. The van der Waals surface area contributed by atoms with Crippen LogP contribution in [0.4, 0.5) is 5.69 Å². The van der Waals surface area contributed by atoms with Crippen LogP contribution >= 0.6 is 0 Å². The summed E-state index contributed by atoms with van der Waals surface area (Å²) < 4.78 is 0. The fraction of sp³-hybridized carbons (Fsp3) is 0.267. The third kappa shape index (κ3) is 2.76. The van der Waals surface area contributed by atoms with E-state index in [0.717, 1.165) is 12.1 Å². The molecule has 0 fully saturated rings. The predicted octanol–water partition coefficient (Wildman–Crippen LogP) is 1.67. The van der Waals surface area contributed by atoms with E-state index in [1.165, 1.54) is 12.1 Å². The number of Topliss-reactive ketones (excluding diaryl/α,β-unsaturated/α-hetero) is 1. The first-order chi connectivity index (χ1) is 11.1. The number of benzene rings is 1. The molecule has 1 aliphatic heterocycles. The minimum atomic E-state index is -0.560. The molecule has 1 aliphatic carbocycles. The van der Waals surface area contributed by atoms with Gasteiger partial charge in [-0.15, -0.1) is 0 Å². The number of carbonyl (C=O) groups is 1. The quantitative estimate of drug-likeness (QED) is 0.371. The van der Waals surface area contributed by atoms with Gasteiger partial charge in [0, 0.05) is 29.8 Å². The molecule has 8 heteroatoms. The molecule has 0 amide bonds. The number of ketones is 1. The predicted molar refractivity (Wildman–Crippen MR) is 81.0 cm³/mol. The van der Waals surface area contributed by atoms with Crippen LogP contribution in [-0.2, 0) is 4.79 Å². The van der Waals surface area contributed by atoms with E-state index in [9.17, 15) is 14.9 Å². The van der Waals surface area contributed by atoms with Gasteiger partial charge in [-0.2, -0.15) is 5.26 Å². The zero-order chi connectivity index (χ0) is 16.4. The van der Waals surface area contributed by atoms with Crippen LogP contribution in [0.25, 0.3) is 0 Å². The molecule has 0 spiro atoms. The van der Waals surface area contributed by atoms with Crippen LogP contribution in [0.1, 0.15) is 30.9 Å². The molecule has 23 heavy (non-hydrogen) atoms. The number of allylic oxidation sites excluding steroid dienone is 1. The lowest BCUT2D eigenvalue weighted by Gasteiger charge is -2.29. The third-order valence-electron chi connectivity index (χ3n) is 3.85. The smallest absolute Gasteiger partial charge is 0.269 e. The highest BCUT2D eigenvalue weighted by molar-refractivity contribution is 6.01. The number of nitro benzene ring substituents is 1. The maximum atomic E-state index is 12.3. The molecule has 0 saturated carbocycles. The Morgan fingerprint density at radius 1 is 1.35 bits per heavy atom. The topological polar surface area (TPSA) is 120 Å². The molecular formula is C15H13N5O3. The third-order valence-corrected chi connectivity index (χ3v) is 3.85. The van der Waals surface area contributed by atoms with Gasteiger partial charge >= 0.3 is 0 Å². The summed E-state index contributed by atoms with van der Waals surface area (Å²) in [6, 6.07) is 5.40. The molecule has 2 N–H and O–H groups in total. The van der Waals surface area contributed by atoms with Crippen molar-refractivity contribution in [2.75, 3.05) is 0 Å². The molecule has 1 aromatic carbocycles. The van der Waals surface area contributed by atoms with E-state index in [1.54, 1.807) is 18.3 Å². The lowest BCUT2D eigenvalue weighted by Crippen LogP contribution is -2.40. The number of carbonyl (C=O) groups excluding carboxylic acids is 1. The zero-order valence-electron chi connectivity index (χ0n) is 12.1. The van der Waals surface area contributed by atoms with Crippen molar-refractivity contribution in [1.82, 2.24) is 10.6 Å². The Kier molecular flexibility index (Phi) is 3.76. The molecule has 0 bridgehead atoms. The number of hydrogen-bond donors (Lipinski definition) is 2. The van der Waals surface area contributed by atoms with Crippen molar-refractivity contribution in [3.05, 3.63) is 51.2 Å². The van der Waals surface area contributed by atoms with E-state index < -0.39 is 11.0 Å². The lowest BCUT2D eigenvalue weighted by atomic mass is 9.86. The second kappa shape index (κ2) is 5.88. The minimum absolute atomic E-state index is 0.0156. The highest BCUT2D eigenvalue weighted by Crippen LogP contribution is 2.36. The van der Waals surface area contributed by atoms with Gasteiger partial charge in [-0.1, -0.05) is 0 Å². The average Bonchev–Trinajstić information content (AvgIpc) is 2.55. The Balaban J connectivity index is 2.03. The van der Waals surface area contributed by atoms with Crippen molar-refractivity contribution >= 4 is 17.4 Å². The summed E-state index contributed by atoms with van der Waals surface area (Å²) in [4.78, 5) is 27.0. The SMILES string of the molecule is N#CNC1=NC(c2ccc([N+](=O)[O-])cc2)C2=C(CCCC2=O)N1. The molecule has 3 rings (SSSR count). The summed E-state index contributed by atoms with van der Waals surface area (Å²) in [6.45, 7) is 0. The Hall–Kier alpha value is -3.21. The van der Waals surface area contributed by atoms with Gasteiger partial charge in [0.15, 0.2) is 12.0 Å². The van der Waals surface area contributed by atoms with Gasteiger partial charge in [-0.25, -0.2) is 4.99 Å². The summed E-state index contributed by atoms with van der Waals surface area (Å²) in [6.07, 6.45) is 3.71. The number of aliphatic imine (C=N–C) groups is 1. The first-order valence-electron chi connectivity index (χ1n) is 7.10. The molecule has 1 heterocycles. The van der Waals surface area contributed by atoms with Crippen molar-refractivity contribution < 1.29 is 9.72 Å². The van der Waals surface area contributed by atoms with E-state index in [-0.39, 0.29) is 17.4 Å². The number of nitriles is 1. The number of nitrogens with one attached hydrogen (secondary N) is 2. The van der Waals surface area contributed by atoms with E-state index in [4.69, 9.17) is 5.26 Å². The molecule has 116 valence electrons. The number of non-ortho nitro benzene ring substituents is 1. The maximum absolute atomic E-state index is 12.3. The lowest BCUT2D eigenvalue weighted by molar-refractivity contribution is -0.384. The number of nitrogens with zero attached hydrogens (tertiary/aromatic N) is 3. The van der Waals surface area contributed by atoms with Gasteiger partial charge in [0.1, 0.15) is 6.04 Å². The van der Waals surface area contributed by atoms with Crippen LogP contribution in [0.3, 0.4) is 0 Å². The second-order valence-electron chi connectivity index (χ2n) is 5.26. The van der Waals surface area contributed by atoms with Crippen LogP contribution in [0.2, 0.25) is 0 Å². The van der Waals surface area contributed by atoms with Gasteiger partial charge < -0.3 is 5.32 Å². The molecule has 1 atom stereocenters. The summed E-state index contributed by atoms with van der Waals surface area (Å²) in [5, 5.41) is 25.0. The molecular weight excluding hydrogens is 298 g/mol. The van der Waals surface area contributed by atoms with Crippen molar-refractivity contribution in [1.29, 1.82) is 5.26 Å². The largest absolute Gasteiger partial charge is 0.329 e. The average molecular weight is 311 g/mol. The van der Waals surface area contributed by atoms with Crippen LogP contribution in [-0.4, -0.2) is 16.7 Å². The molecule has 1 unspecified atom stereocenters.